The first-order valence-corrected chi connectivity index (χ1v) is 8.11. The maximum atomic E-state index is 13.6. The normalized spacial score (nSPS) is 18.9. The minimum absolute atomic E-state index is 0.210. The summed E-state index contributed by atoms with van der Waals surface area (Å²) < 4.78 is 39.8. The topological polar surface area (TPSA) is 37.4 Å². The average molecular weight is 285 g/mol. The summed E-state index contributed by atoms with van der Waals surface area (Å²) in [6.07, 6.45) is 1.71. The lowest BCUT2D eigenvalue weighted by atomic mass is 9.87. The smallest absolute Gasteiger partial charge is 0.207 e. The van der Waals surface area contributed by atoms with Crippen molar-refractivity contribution in [1.29, 1.82) is 0 Å². The number of benzene rings is 1. The quantitative estimate of drug-likeness (QED) is 0.856. The third-order valence-corrected chi connectivity index (χ3v) is 5.83. The van der Waals surface area contributed by atoms with E-state index in [9.17, 15) is 12.8 Å². The van der Waals surface area contributed by atoms with E-state index in [-0.39, 0.29) is 4.90 Å². The Morgan fingerprint density at radius 2 is 1.79 bits per heavy atom. The molecule has 0 unspecified atom stereocenters. The molecule has 0 bridgehead atoms. The van der Waals surface area contributed by atoms with Crippen molar-refractivity contribution in [2.45, 2.75) is 31.6 Å². The zero-order valence-electron chi connectivity index (χ0n) is 11.3. The maximum absolute atomic E-state index is 13.6. The zero-order valence-corrected chi connectivity index (χ0v) is 12.2. The highest BCUT2D eigenvalue weighted by molar-refractivity contribution is 7.89. The van der Waals surface area contributed by atoms with Crippen LogP contribution >= 0.6 is 0 Å². The molecule has 1 aromatic rings. The van der Waals surface area contributed by atoms with Gasteiger partial charge in [-0.05, 0) is 36.8 Å². The van der Waals surface area contributed by atoms with Crippen LogP contribution in [0.1, 0.15) is 26.7 Å². The van der Waals surface area contributed by atoms with E-state index < -0.39 is 15.8 Å². The Bertz CT molecular complexity index is 534. The Morgan fingerprint density at radius 1 is 1.21 bits per heavy atom. The number of hydrogen-bond donors (Lipinski definition) is 0. The van der Waals surface area contributed by atoms with Crippen LogP contribution in [0.5, 0.6) is 0 Å². The third-order valence-electron chi connectivity index (χ3n) is 3.90. The number of rotatable bonds is 3. The van der Waals surface area contributed by atoms with E-state index in [2.05, 4.69) is 13.8 Å². The first-order valence-electron chi connectivity index (χ1n) is 6.67. The molecule has 0 aromatic heterocycles. The lowest BCUT2D eigenvalue weighted by molar-refractivity contribution is 0.226. The molecule has 0 aliphatic carbocycles. The van der Waals surface area contributed by atoms with Gasteiger partial charge in [0.25, 0.3) is 0 Å². The van der Waals surface area contributed by atoms with Crippen LogP contribution in [0.3, 0.4) is 0 Å². The van der Waals surface area contributed by atoms with Crippen molar-refractivity contribution in [2.24, 2.45) is 11.8 Å². The van der Waals surface area contributed by atoms with Crippen molar-refractivity contribution in [3.05, 3.63) is 30.1 Å². The highest BCUT2D eigenvalue weighted by Gasteiger charge is 2.31. The fourth-order valence-corrected chi connectivity index (χ4v) is 4.11. The van der Waals surface area contributed by atoms with Crippen LogP contribution in [0.15, 0.2) is 29.2 Å². The standard InChI is InChI=1S/C14H20FNO2S/c1-11(2)12-7-9-16(10-8-12)19(17,18)14-6-4-3-5-13(14)15/h3-6,11-12H,7-10H2,1-2H3. The Balaban J connectivity index is 2.17. The van der Waals surface area contributed by atoms with Gasteiger partial charge in [0.1, 0.15) is 10.7 Å². The summed E-state index contributed by atoms with van der Waals surface area (Å²) in [5.41, 5.74) is 0. The second-order valence-electron chi connectivity index (χ2n) is 5.42. The summed E-state index contributed by atoms with van der Waals surface area (Å²) in [6, 6.07) is 5.57. The van der Waals surface area contributed by atoms with Crippen molar-refractivity contribution < 1.29 is 12.8 Å². The van der Waals surface area contributed by atoms with Gasteiger partial charge in [-0.25, -0.2) is 12.8 Å². The molecule has 1 aliphatic heterocycles. The van der Waals surface area contributed by atoms with E-state index in [1.54, 1.807) is 6.07 Å². The molecule has 1 heterocycles. The van der Waals surface area contributed by atoms with Crippen LogP contribution in [-0.4, -0.2) is 25.8 Å². The number of nitrogens with zero attached hydrogens (tertiary/aromatic N) is 1. The Hall–Kier alpha value is -0.940. The highest BCUT2D eigenvalue weighted by atomic mass is 32.2. The van der Waals surface area contributed by atoms with Crippen LogP contribution in [0.25, 0.3) is 0 Å². The molecule has 106 valence electrons. The van der Waals surface area contributed by atoms with Crippen LogP contribution in [0.2, 0.25) is 0 Å². The molecule has 1 aromatic carbocycles. The summed E-state index contributed by atoms with van der Waals surface area (Å²) in [7, 11) is -3.68. The van der Waals surface area contributed by atoms with Crippen molar-refractivity contribution in [3.8, 4) is 0 Å². The van der Waals surface area contributed by atoms with Gasteiger partial charge in [-0.2, -0.15) is 4.31 Å². The zero-order chi connectivity index (χ0) is 14.0. The summed E-state index contributed by atoms with van der Waals surface area (Å²) in [6.45, 7) is 5.29. The molecule has 19 heavy (non-hydrogen) atoms. The van der Waals surface area contributed by atoms with E-state index in [4.69, 9.17) is 0 Å². The van der Waals surface area contributed by atoms with Gasteiger partial charge in [-0.1, -0.05) is 26.0 Å². The monoisotopic (exact) mass is 285 g/mol. The SMILES string of the molecule is CC(C)C1CCN(S(=O)(=O)c2ccccc2F)CC1. The molecule has 0 N–H and O–H groups in total. The van der Waals surface area contributed by atoms with Gasteiger partial charge < -0.3 is 0 Å². The molecule has 0 saturated carbocycles. The number of piperidine rings is 1. The number of sulfonamides is 1. The molecule has 0 spiro atoms. The van der Waals surface area contributed by atoms with Crippen molar-refractivity contribution in [2.75, 3.05) is 13.1 Å². The summed E-state index contributed by atoms with van der Waals surface area (Å²) in [5.74, 6) is 0.457. The lowest BCUT2D eigenvalue weighted by Crippen LogP contribution is -2.39. The van der Waals surface area contributed by atoms with Gasteiger partial charge >= 0.3 is 0 Å². The van der Waals surface area contributed by atoms with Crippen LogP contribution in [0.4, 0.5) is 4.39 Å². The van der Waals surface area contributed by atoms with Crippen LogP contribution in [0, 0.1) is 17.7 Å². The van der Waals surface area contributed by atoms with E-state index in [0.717, 1.165) is 12.8 Å². The lowest BCUT2D eigenvalue weighted by Gasteiger charge is -2.33. The molecule has 1 fully saturated rings. The van der Waals surface area contributed by atoms with Crippen molar-refractivity contribution in [1.82, 2.24) is 4.31 Å². The molecule has 0 amide bonds. The van der Waals surface area contributed by atoms with Gasteiger partial charge in [0.15, 0.2) is 0 Å². The van der Waals surface area contributed by atoms with Crippen LogP contribution < -0.4 is 0 Å². The fraction of sp³-hybridized carbons (Fsp3) is 0.571. The van der Waals surface area contributed by atoms with Crippen molar-refractivity contribution >= 4 is 10.0 Å². The second kappa shape index (κ2) is 5.59. The molecule has 0 atom stereocenters. The first-order chi connectivity index (χ1) is 8.93. The van der Waals surface area contributed by atoms with E-state index in [1.807, 2.05) is 0 Å². The molecule has 3 nitrogen and oxygen atoms in total. The van der Waals surface area contributed by atoms with Gasteiger partial charge in [0, 0.05) is 13.1 Å². The molecule has 5 heteroatoms. The predicted octanol–water partition coefficient (Wildman–Crippen LogP) is 2.88. The molecular formula is C14H20FNO2S. The fourth-order valence-electron chi connectivity index (χ4n) is 2.58. The molecular weight excluding hydrogens is 265 g/mol. The Labute approximate surface area is 114 Å². The molecule has 0 radical (unpaired) electrons. The molecule has 2 rings (SSSR count). The Kier molecular flexibility index (Phi) is 4.26. The minimum Gasteiger partial charge on any atom is -0.207 e. The molecule has 1 aliphatic rings. The van der Waals surface area contributed by atoms with E-state index in [0.29, 0.717) is 24.9 Å². The van der Waals surface area contributed by atoms with E-state index >= 15 is 0 Å². The number of halogens is 1. The van der Waals surface area contributed by atoms with E-state index in [1.165, 1.54) is 22.5 Å². The Morgan fingerprint density at radius 3 is 2.32 bits per heavy atom. The first kappa shape index (κ1) is 14.5. The van der Waals surface area contributed by atoms with Gasteiger partial charge in [-0.3, -0.25) is 0 Å². The van der Waals surface area contributed by atoms with Gasteiger partial charge in [0.05, 0.1) is 0 Å². The summed E-state index contributed by atoms with van der Waals surface area (Å²) in [4.78, 5) is -0.210. The van der Waals surface area contributed by atoms with Crippen molar-refractivity contribution in [3.63, 3.8) is 0 Å². The third kappa shape index (κ3) is 2.98. The summed E-state index contributed by atoms with van der Waals surface area (Å²) >= 11 is 0. The predicted molar refractivity (Wildman–Crippen MR) is 72.7 cm³/mol. The van der Waals surface area contributed by atoms with Crippen LogP contribution in [-0.2, 0) is 10.0 Å². The summed E-state index contributed by atoms with van der Waals surface area (Å²) in [5, 5.41) is 0. The number of hydrogen-bond acceptors (Lipinski definition) is 2. The largest absolute Gasteiger partial charge is 0.245 e. The highest BCUT2D eigenvalue weighted by Crippen LogP contribution is 2.28. The molecule has 1 saturated heterocycles. The van der Waals surface area contributed by atoms with Gasteiger partial charge in [0.2, 0.25) is 10.0 Å². The minimum atomic E-state index is -3.68. The second-order valence-corrected chi connectivity index (χ2v) is 7.32. The average Bonchev–Trinajstić information content (AvgIpc) is 2.39. The van der Waals surface area contributed by atoms with Gasteiger partial charge in [-0.15, -0.1) is 0 Å². The maximum Gasteiger partial charge on any atom is 0.245 e.